The van der Waals surface area contributed by atoms with E-state index in [9.17, 15) is 36.6 Å². The number of hydrogen-bond donors (Lipinski definition) is 2. The first-order chi connectivity index (χ1) is 13.7. The van der Waals surface area contributed by atoms with Crippen LogP contribution in [0.4, 0.5) is 27.8 Å². The van der Waals surface area contributed by atoms with Crippen molar-refractivity contribution in [1.29, 1.82) is 0 Å². The molecule has 0 spiro atoms. The van der Waals surface area contributed by atoms with E-state index in [1.807, 2.05) is 5.32 Å². The number of nitrogens with one attached hydrogen (secondary N) is 1. The van der Waals surface area contributed by atoms with Crippen molar-refractivity contribution in [2.75, 3.05) is 19.4 Å². The van der Waals surface area contributed by atoms with Gasteiger partial charge in [-0.25, -0.2) is 4.98 Å². The number of aromatic hydroxyl groups is 1. The van der Waals surface area contributed by atoms with Crippen LogP contribution in [-0.4, -0.2) is 53.2 Å². The van der Waals surface area contributed by atoms with E-state index < -0.39 is 47.5 Å². The van der Waals surface area contributed by atoms with Gasteiger partial charge in [0.25, 0.3) is 17.7 Å². The zero-order valence-corrected chi connectivity index (χ0v) is 15.8. The number of phenols is 1. The summed E-state index contributed by atoms with van der Waals surface area (Å²) < 4.78 is 73.1. The van der Waals surface area contributed by atoms with Gasteiger partial charge in [-0.15, -0.1) is 0 Å². The second-order valence-electron chi connectivity index (χ2n) is 6.23. The van der Waals surface area contributed by atoms with Crippen molar-refractivity contribution in [1.82, 2.24) is 9.88 Å². The SMILES string of the molecule is CC(Oc1cc(C(=O)Nc2cnc(C(F)(F)C(F)(F)F)o2)ccc1O)C(=O)N(C)C. The van der Waals surface area contributed by atoms with Crippen molar-refractivity contribution in [2.45, 2.75) is 25.1 Å². The molecule has 0 aliphatic heterocycles. The van der Waals surface area contributed by atoms with E-state index in [1.54, 1.807) is 0 Å². The molecular weight excluding hydrogens is 421 g/mol. The molecule has 2 rings (SSSR count). The molecule has 0 fully saturated rings. The lowest BCUT2D eigenvalue weighted by Crippen LogP contribution is -2.35. The summed E-state index contributed by atoms with van der Waals surface area (Å²) in [4.78, 5) is 28.2. The number of alkyl halides is 5. The van der Waals surface area contributed by atoms with E-state index in [0.29, 0.717) is 6.20 Å². The summed E-state index contributed by atoms with van der Waals surface area (Å²) in [7, 11) is 2.97. The Morgan fingerprint density at radius 2 is 1.87 bits per heavy atom. The average molecular weight is 437 g/mol. The van der Waals surface area contributed by atoms with Gasteiger partial charge in [0.1, 0.15) is 0 Å². The Morgan fingerprint density at radius 1 is 1.23 bits per heavy atom. The Hall–Kier alpha value is -3.38. The molecule has 0 saturated carbocycles. The third-order valence-electron chi connectivity index (χ3n) is 3.68. The van der Waals surface area contributed by atoms with Crippen LogP contribution in [0, 0.1) is 0 Å². The first-order valence-electron chi connectivity index (χ1n) is 8.17. The smallest absolute Gasteiger partial charge is 0.463 e. The zero-order chi connectivity index (χ0) is 22.9. The topological polar surface area (TPSA) is 105 Å². The predicted molar refractivity (Wildman–Crippen MR) is 91.3 cm³/mol. The van der Waals surface area contributed by atoms with Crippen molar-refractivity contribution in [3.8, 4) is 11.5 Å². The minimum absolute atomic E-state index is 0.173. The molecule has 0 aliphatic rings. The predicted octanol–water partition coefficient (Wildman–Crippen LogP) is 3.14. The highest BCUT2D eigenvalue weighted by molar-refractivity contribution is 6.03. The van der Waals surface area contributed by atoms with Gasteiger partial charge in [0.15, 0.2) is 17.6 Å². The monoisotopic (exact) mass is 437 g/mol. The van der Waals surface area contributed by atoms with Crippen molar-refractivity contribution >= 4 is 17.7 Å². The van der Waals surface area contributed by atoms with Crippen molar-refractivity contribution in [3.05, 3.63) is 35.9 Å². The summed E-state index contributed by atoms with van der Waals surface area (Å²) in [6.45, 7) is 1.41. The van der Waals surface area contributed by atoms with Crippen LogP contribution < -0.4 is 10.1 Å². The van der Waals surface area contributed by atoms with Gasteiger partial charge in [-0.2, -0.15) is 22.0 Å². The third-order valence-corrected chi connectivity index (χ3v) is 3.68. The molecule has 0 aliphatic carbocycles. The molecular formula is C17H16F5N3O5. The van der Waals surface area contributed by atoms with Crippen molar-refractivity contribution in [2.24, 2.45) is 0 Å². The Labute approximate surface area is 166 Å². The molecule has 1 atom stereocenters. The van der Waals surface area contributed by atoms with Gasteiger partial charge in [0.05, 0.1) is 6.20 Å². The van der Waals surface area contributed by atoms with E-state index in [2.05, 4.69) is 9.40 Å². The highest BCUT2D eigenvalue weighted by Gasteiger charge is 2.62. The fourth-order valence-electron chi connectivity index (χ4n) is 2.14. The van der Waals surface area contributed by atoms with E-state index in [4.69, 9.17) is 4.74 Å². The number of benzene rings is 1. The molecule has 8 nitrogen and oxygen atoms in total. The fraction of sp³-hybridized carbons (Fsp3) is 0.353. The lowest BCUT2D eigenvalue weighted by Gasteiger charge is -2.19. The summed E-state index contributed by atoms with van der Waals surface area (Å²) >= 11 is 0. The molecule has 2 aromatic rings. The van der Waals surface area contributed by atoms with Crippen molar-refractivity contribution < 1.29 is 45.8 Å². The first-order valence-corrected chi connectivity index (χ1v) is 8.17. The minimum Gasteiger partial charge on any atom is -0.504 e. The number of ether oxygens (including phenoxy) is 1. The molecule has 1 aromatic heterocycles. The number of rotatable bonds is 6. The number of hydrogen-bond acceptors (Lipinski definition) is 6. The molecule has 0 radical (unpaired) electrons. The van der Waals surface area contributed by atoms with Gasteiger partial charge in [0.2, 0.25) is 5.88 Å². The lowest BCUT2D eigenvalue weighted by atomic mass is 10.2. The maximum atomic E-state index is 13.2. The molecule has 1 heterocycles. The number of carbonyl (C=O) groups excluding carboxylic acids is 2. The maximum Gasteiger partial charge on any atom is 0.463 e. The van der Waals surface area contributed by atoms with Crippen LogP contribution in [0.25, 0.3) is 0 Å². The highest BCUT2D eigenvalue weighted by Crippen LogP contribution is 2.43. The molecule has 13 heteroatoms. The Morgan fingerprint density at radius 3 is 2.43 bits per heavy atom. The van der Waals surface area contributed by atoms with E-state index in [1.165, 1.54) is 25.9 Å². The average Bonchev–Trinajstić information content (AvgIpc) is 3.10. The molecule has 1 aromatic carbocycles. The number of likely N-dealkylation sites (N-methyl/N-ethyl adjacent to an activating group) is 1. The Balaban J connectivity index is 2.18. The van der Waals surface area contributed by atoms with Crippen LogP contribution in [0.5, 0.6) is 11.5 Å². The van der Waals surface area contributed by atoms with Gasteiger partial charge >= 0.3 is 12.1 Å². The first kappa shape index (κ1) is 22.9. The Kier molecular flexibility index (Phi) is 6.23. The van der Waals surface area contributed by atoms with Gasteiger partial charge in [-0.3, -0.25) is 14.9 Å². The zero-order valence-electron chi connectivity index (χ0n) is 15.8. The number of amides is 2. The van der Waals surface area contributed by atoms with Crippen LogP contribution in [-0.2, 0) is 10.7 Å². The number of aromatic nitrogens is 1. The molecule has 2 amide bonds. The van der Waals surface area contributed by atoms with Gasteiger partial charge in [0, 0.05) is 19.7 Å². The summed E-state index contributed by atoms with van der Waals surface area (Å²) in [6.07, 6.45) is -6.45. The second kappa shape index (κ2) is 8.16. The number of phenolic OH excluding ortho intramolecular Hbond substituents is 1. The van der Waals surface area contributed by atoms with E-state index in [0.717, 1.165) is 18.2 Å². The number of anilines is 1. The number of oxazole rings is 1. The van der Waals surface area contributed by atoms with Crippen molar-refractivity contribution in [3.63, 3.8) is 0 Å². The quantitative estimate of drug-likeness (QED) is 0.673. The van der Waals surface area contributed by atoms with Crippen LogP contribution in [0.15, 0.2) is 28.8 Å². The summed E-state index contributed by atoms with van der Waals surface area (Å²) in [5.41, 5.74) is -0.173. The summed E-state index contributed by atoms with van der Waals surface area (Å²) in [5, 5.41) is 11.8. The maximum absolute atomic E-state index is 13.2. The van der Waals surface area contributed by atoms with Gasteiger partial charge in [-0.05, 0) is 25.1 Å². The Bertz CT molecular complexity index is 942. The molecule has 1 unspecified atom stereocenters. The number of carbonyl (C=O) groups is 2. The van der Waals surface area contributed by atoms with E-state index >= 15 is 0 Å². The van der Waals surface area contributed by atoms with Crippen LogP contribution >= 0.6 is 0 Å². The number of nitrogens with zero attached hydrogens (tertiary/aromatic N) is 2. The van der Waals surface area contributed by atoms with Crippen LogP contribution in [0.2, 0.25) is 0 Å². The molecule has 164 valence electrons. The molecule has 2 N–H and O–H groups in total. The fourth-order valence-corrected chi connectivity index (χ4v) is 2.14. The largest absolute Gasteiger partial charge is 0.504 e. The van der Waals surface area contributed by atoms with Gasteiger partial charge in [-0.1, -0.05) is 0 Å². The normalized spacial score (nSPS) is 12.9. The molecule has 0 bridgehead atoms. The number of halogens is 5. The van der Waals surface area contributed by atoms with Crippen LogP contribution in [0.1, 0.15) is 23.2 Å². The summed E-state index contributed by atoms with van der Waals surface area (Å²) in [5.74, 6) is -10.1. The lowest BCUT2D eigenvalue weighted by molar-refractivity contribution is -0.297. The van der Waals surface area contributed by atoms with E-state index in [-0.39, 0.29) is 11.3 Å². The molecule has 30 heavy (non-hydrogen) atoms. The summed E-state index contributed by atoms with van der Waals surface area (Å²) in [6, 6.07) is 3.24. The standard InChI is InChI=1S/C17H16F5N3O5/c1-8(14(28)25(2)3)29-11-6-9(4-5-10(11)26)13(27)24-12-7-23-15(30-12)16(18,19)17(20,21)22/h4-8,26H,1-3H3,(H,24,27). The molecule has 0 saturated heterocycles. The minimum atomic E-state index is -5.93. The van der Waals surface area contributed by atoms with Crippen LogP contribution in [0.3, 0.4) is 0 Å². The highest BCUT2D eigenvalue weighted by atomic mass is 19.4. The third kappa shape index (κ3) is 4.78. The van der Waals surface area contributed by atoms with Gasteiger partial charge < -0.3 is 19.2 Å². The second-order valence-corrected chi connectivity index (χ2v) is 6.23.